The molecule has 0 atom stereocenters. The van der Waals surface area contributed by atoms with Gasteiger partial charge >= 0.3 is 0 Å². The lowest BCUT2D eigenvalue weighted by atomic mass is 10.2. The number of amides is 1. The molecule has 6 nitrogen and oxygen atoms in total. The molecule has 3 rings (SSSR count). The van der Waals surface area contributed by atoms with Crippen LogP contribution in [-0.4, -0.2) is 16.7 Å². The third kappa shape index (κ3) is 3.35. The highest BCUT2D eigenvalue weighted by molar-refractivity contribution is 9.10. The summed E-state index contributed by atoms with van der Waals surface area (Å²) in [5.41, 5.74) is 1.53. The van der Waals surface area contributed by atoms with Gasteiger partial charge in [0, 0.05) is 22.2 Å². The van der Waals surface area contributed by atoms with E-state index in [1.807, 2.05) is 24.3 Å². The number of hydrogen-bond donors (Lipinski definition) is 1. The van der Waals surface area contributed by atoms with Gasteiger partial charge < -0.3 is 5.32 Å². The van der Waals surface area contributed by atoms with E-state index in [1.54, 1.807) is 18.2 Å². The molecule has 0 saturated carbocycles. The lowest BCUT2D eigenvalue weighted by Crippen LogP contribution is -2.24. The lowest BCUT2D eigenvalue weighted by molar-refractivity contribution is -0.384. The number of benzene rings is 2. The number of halogens is 1. The van der Waals surface area contributed by atoms with Gasteiger partial charge in [-0.05, 0) is 23.8 Å². The van der Waals surface area contributed by atoms with E-state index in [0.717, 1.165) is 10.0 Å². The van der Waals surface area contributed by atoms with Crippen LogP contribution >= 0.6 is 15.9 Å². The Morgan fingerprint density at radius 3 is 2.61 bits per heavy atom. The second-order valence-electron chi connectivity index (χ2n) is 4.80. The maximum Gasteiger partial charge on any atom is 0.275 e. The molecule has 2 aromatic rings. The minimum absolute atomic E-state index is 0.0511. The number of hydrogen-bond acceptors (Lipinski definition) is 4. The first kappa shape index (κ1) is 15.1. The molecule has 1 aliphatic rings. The molecule has 1 N–H and O–H groups in total. The summed E-state index contributed by atoms with van der Waals surface area (Å²) in [5.74, 6) is -0.0310. The number of carbonyl (C=O) groups is 1. The molecule has 1 aliphatic heterocycles. The monoisotopic (exact) mass is 371 g/mol. The molecule has 114 valence electrons. The van der Waals surface area contributed by atoms with Crippen LogP contribution in [0.3, 0.4) is 0 Å². The summed E-state index contributed by atoms with van der Waals surface area (Å²) in [6, 6.07) is 13.4. The van der Waals surface area contributed by atoms with E-state index >= 15 is 0 Å². The van der Waals surface area contributed by atoms with Gasteiger partial charge in [0.25, 0.3) is 11.6 Å². The molecule has 0 saturated heterocycles. The molecule has 0 unspecified atom stereocenters. The largest absolute Gasteiger partial charge is 0.305 e. The van der Waals surface area contributed by atoms with Gasteiger partial charge in [0.05, 0.1) is 4.92 Å². The average molecular weight is 372 g/mol. The molecular formula is C16H10BrN3O3. The number of non-ortho nitro benzene ring substituents is 1. The van der Waals surface area contributed by atoms with Crippen LogP contribution in [0.15, 0.2) is 63.7 Å². The summed E-state index contributed by atoms with van der Waals surface area (Å²) in [7, 11) is 0. The van der Waals surface area contributed by atoms with Crippen molar-refractivity contribution >= 4 is 39.4 Å². The maximum absolute atomic E-state index is 12.0. The first-order chi connectivity index (χ1) is 11.0. The van der Waals surface area contributed by atoms with Crippen LogP contribution in [-0.2, 0) is 4.79 Å². The van der Waals surface area contributed by atoms with Crippen LogP contribution in [0, 0.1) is 10.1 Å². The van der Waals surface area contributed by atoms with Crippen molar-refractivity contribution in [3.63, 3.8) is 0 Å². The van der Waals surface area contributed by atoms with Gasteiger partial charge in [-0.15, -0.1) is 0 Å². The molecule has 0 bridgehead atoms. The fourth-order valence-electron chi connectivity index (χ4n) is 2.09. The van der Waals surface area contributed by atoms with Crippen LogP contribution in [0.1, 0.15) is 11.1 Å². The Hall–Kier alpha value is -2.80. The third-order valence-electron chi connectivity index (χ3n) is 3.20. The standard InChI is InChI=1S/C16H10BrN3O3/c17-12-6-4-10(5-7-12)8-14-16(21)19-15(18-14)11-2-1-3-13(9-11)20(22)23/h1-9H,(H,18,19,21). The lowest BCUT2D eigenvalue weighted by Gasteiger charge is -1.99. The molecule has 2 aromatic carbocycles. The molecule has 23 heavy (non-hydrogen) atoms. The Balaban J connectivity index is 1.93. The Morgan fingerprint density at radius 1 is 1.17 bits per heavy atom. The fourth-order valence-corrected chi connectivity index (χ4v) is 2.35. The van der Waals surface area contributed by atoms with Crippen molar-refractivity contribution in [2.24, 2.45) is 4.99 Å². The molecule has 7 heteroatoms. The number of carbonyl (C=O) groups excluding carboxylic acids is 1. The fraction of sp³-hybridized carbons (Fsp3) is 0. The first-order valence-electron chi connectivity index (χ1n) is 6.65. The topological polar surface area (TPSA) is 84.6 Å². The molecule has 0 radical (unpaired) electrons. The highest BCUT2D eigenvalue weighted by Crippen LogP contribution is 2.19. The Labute approximate surface area is 139 Å². The van der Waals surface area contributed by atoms with Crippen LogP contribution in [0.5, 0.6) is 0 Å². The number of nitro groups is 1. The Bertz CT molecular complexity index is 857. The van der Waals surface area contributed by atoms with Gasteiger partial charge in [-0.3, -0.25) is 14.9 Å². The maximum atomic E-state index is 12.0. The molecule has 1 amide bonds. The molecule has 0 aromatic heterocycles. The van der Waals surface area contributed by atoms with Crippen molar-refractivity contribution in [3.8, 4) is 0 Å². The number of nitro benzene ring substituents is 1. The van der Waals surface area contributed by atoms with Gasteiger partial charge in [0.15, 0.2) is 0 Å². The molecule has 0 fully saturated rings. The van der Waals surface area contributed by atoms with Crippen molar-refractivity contribution < 1.29 is 9.72 Å². The molecule has 0 spiro atoms. The van der Waals surface area contributed by atoms with Gasteiger partial charge in [-0.2, -0.15) is 0 Å². The van der Waals surface area contributed by atoms with E-state index in [4.69, 9.17) is 0 Å². The molecule has 1 heterocycles. The minimum atomic E-state index is -0.487. The SMILES string of the molecule is O=C1NC(c2cccc([N+](=O)[O-])c2)=NC1=Cc1ccc(Br)cc1. The van der Waals surface area contributed by atoms with Crippen molar-refractivity contribution in [2.75, 3.05) is 0 Å². The van der Waals surface area contributed by atoms with Crippen molar-refractivity contribution in [1.29, 1.82) is 0 Å². The van der Waals surface area contributed by atoms with Crippen LogP contribution in [0.4, 0.5) is 5.69 Å². The zero-order valence-electron chi connectivity index (χ0n) is 11.7. The number of aliphatic imine (C=N–C) groups is 1. The summed E-state index contributed by atoms with van der Waals surface area (Å²) in [4.78, 5) is 26.6. The second kappa shape index (κ2) is 6.13. The number of amidine groups is 1. The second-order valence-corrected chi connectivity index (χ2v) is 5.72. The van der Waals surface area contributed by atoms with Crippen LogP contribution in [0.25, 0.3) is 6.08 Å². The average Bonchev–Trinajstić information content (AvgIpc) is 2.91. The molecular weight excluding hydrogens is 362 g/mol. The van der Waals surface area contributed by atoms with Gasteiger partial charge in [-0.25, -0.2) is 4.99 Å². The summed E-state index contributed by atoms with van der Waals surface area (Å²) in [6.45, 7) is 0. The van der Waals surface area contributed by atoms with E-state index in [9.17, 15) is 14.9 Å². The predicted molar refractivity (Wildman–Crippen MR) is 89.9 cm³/mol. The quantitative estimate of drug-likeness (QED) is 0.510. The summed E-state index contributed by atoms with van der Waals surface area (Å²) in [5, 5.41) is 13.5. The van der Waals surface area contributed by atoms with Crippen LogP contribution < -0.4 is 5.32 Å². The van der Waals surface area contributed by atoms with Crippen molar-refractivity contribution in [3.05, 3.63) is 79.9 Å². The minimum Gasteiger partial charge on any atom is -0.305 e. The smallest absolute Gasteiger partial charge is 0.275 e. The Morgan fingerprint density at radius 2 is 1.91 bits per heavy atom. The van der Waals surface area contributed by atoms with E-state index in [1.165, 1.54) is 12.1 Å². The van der Waals surface area contributed by atoms with E-state index in [-0.39, 0.29) is 17.3 Å². The third-order valence-corrected chi connectivity index (χ3v) is 3.73. The number of rotatable bonds is 3. The summed E-state index contributed by atoms with van der Waals surface area (Å²) in [6.07, 6.45) is 1.66. The highest BCUT2D eigenvalue weighted by Gasteiger charge is 2.22. The van der Waals surface area contributed by atoms with E-state index in [0.29, 0.717) is 11.4 Å². The number of nitrogens with one attached hydrogen (secondary N) is 1. The zero-order valence-corrected chi connectivity index (χ0v) is 13.3. The first-order valence-corrected chi connectivity index (χ1v) is 7.44. The Kier molecular flexibility index (Phi) is 4.03. The van der Waals surface area contributed by atoms with Crippen molar-refractivity contribution in [1.82, 2.24) is 5.32 Å². The normalized spacial score (nSPS) is 15.4. The van der Waals surface area contributed by atoms with Gasteiger partial charge in [0.2, 0.25) is 0 Å². The summed E-state index contributed by atoms with van der Waals surface area (Å²) >= 11 is 3.35. The van der Waals surface area contributed by atoms with E-state index in [2.05, 4.69) is 26.2 Å². The molecule has 0 aliphatic carbocycles. The van der Waals surface area contributed by atoms with Gasteiger partial charge in [-0.1, -0.05) is 40.2 Å². The van der Waals surface area contributed by atoms with Crippen molar-refractivity contribution in [2.45, 2.75) is 0 Å². The predicted octanol–water partition coefficient (Wildman–Crippen LogP) is 3.27. The zero-order chi connectivity index (χ0) is 16.4. The summed E-state index contributed by atoms with van der Waals surface area (Å²) < 4.78 is 0.941. The van der Waals surface area contributed by atoms with Crippen LogP contribution in [0.2, 0.25) is 0 Å². The highest BCUT2D eigenvalue weighted by atomic mass is 79.9. The van der Waals surface area contributed by atoms with Gasteiger partial charge in [0.1, 0.15) is 11.5 Å². The van der Waals surface area contributed by atoms with E-state index < -0.39 is 4.92 Å². The number of nitrogens with zero attached hydrogens (tertiary/aromatic N) is 2.